The number of hydrogen-bond donors (Lipinski definition) is 1. The number of nitrogens with zero attached hydrogens (tertiary/aromatic N) is 1. The zero-order valence-electron chi connectivity index (χ0n) is 11.9. The van der Waals surface area contributed by atoms with Gasteiger partial charge in [0.2, 0.25) is 0 Å². The summed E-state index contributed by atoms with van der Waals surface area (Å²) in [5.74, 6) is -0.383. The van der Waals surface area contributed by atoms with Crippen molar-refractivity contribution >= 4 is 5.97 Å². The summed E-state index contributed by atoms with van der Waals surface area (Å²) in [6, 6.07) is 9.49. The fourth-order valence-corrected chi connectivity index (χ4v) is 1.67. The first-order chi connectivity index (χ1) is 8.88. The van der Waals surface area contributed by atoms with Gasteiger partial charge in [0.1, 0.15) is 6.04 Å². The molecule has 0 radical (unpaired) electrons. The molecule has 1 unspecified atom stereocenters. The smallest absolute Gasteiger partial charge is 0.319 e. The first-order valence-electron chi connectivity index (χ1n) is 6.18. The predicted molar refractivity (Wildman–Crippen MR) is 73.5 cm³/mol. The zero-order valence-corrected chi connectivity index (χ0v) is 11.9. The normalized spacial score (nSPS) is 12.6. The van der Waals surface area contributed by atoms with E-state index in [0.717, 1.165) is 5.56 Å². The van der Waals surface area contributed by atoms with E-state index in [9.17, 15) is 4.79 Å². The lowest BCUT2D eigenvalue weighted by atomic mass is 9.86. The SMILES string of the molecule is COC(=O)CNC(C#N)c1ccc(C(C)(C)C)cc1. The van der Waals surface area contributed by atoms with Crippen LogP contribution in [-0.4, -0.2) is 19.6 Å². The second-order valence-corrected chi connectivity index (χ2v) is 5.39. The molecule has 0 spiro atoms. The molecule has 0 aliphatic rings. The van der Waals surface area contributed by atoms with Crippen LogP contribution in [0.15, 0.2) is 24.3 Å². The number of methoxy groups -OCH3 is 1. The topological polar surface area (TPSA) is 62.1 Å². The summed E-state index contributed by atoms with van der Waals surface area (Å²) in [7, 11) is 1.32. The summed E-state index contributed by atoms with van der Waals surface area (Å²) in [6.07, 6.45) is 0. The third-order valence-electron chi connectivity index (χ3n) is 2.92. The van der Waals surface area contributed by atoms with E-state index in [2.05, 4.69) is 36.9 Å². The minimum Gasteiger partial charge on any atom is -0.468 e. The van der Waals surface area contributed by atoms with Gasteiger partial charge >= 0.3 is 5.97 Å². The van der Waals surface area contributed by atoms with Gasteiger partial charge in [-0.25, -0.2) is 0 Å². The van der Waals surface area contributed by atoms with Crippen molar-refractivity contribution in [3.05, 3.63) is 35.4 Å². The molecule has 19 heavy (non-hydrogen) atoms. The third-order valence-corrected chi connectivity index (χ3v) is 2.92. The van der Waals surface area contributed by atoms with Gasteiger partial charge in [0, 0.05) is 0 Å². The molecule has 0 aliphatic carbocycles. The highest BCUT2D eigenvalue weighted by molar-refractivity contribution is 5.71. The highest BCUT2D eigenvalue weighted by Crippen LogP contribution is 2.23. The van der Waals surface area contributed by atoms with E-state index in [1.54, 1.807) is 0 Å². The van der Waals surface area contributed by atoms with Gasteiger partial charge in [-0.15, -0.1) is 0 Å². The number of nitrogens with one attached hydrogen (secondary N) is 1. The summed E-state index contributed by atoms with van der Waals surface area (Å²) < 4.78 is 4.53. The number of esters is 1. The zero-order chi connectivity index (χ0) is 14.5. The van der Waals surface area contributed by atoms with E-state index in [1.807, 2.05) is 24.3 Å². The van der Waals surface area contributed by atoms with Crippen molar-refractivity contribution in [3.63, 3.8) is 0 Å². The van der Waals surface area contributed by atoms with Crippen molar-refractivity contribution < 1.29 is 9.53 Å². The van der Waals surface area contributed by atoms with Gasteiger partial charge < -0.3 is 4.74 Å². The van der Waals surface area contributed by atoms with Crippen molar-refractivity contribution in [2.45, 2.75) is 32.2 Å². The van der Waals surface area contributed by atoms with E-state index in [0.29, 0.717) is 0 Å². The predicted octanol–water partition coefficient (Wildman–Crippen LogP) is 2.31. The summed E-state index contributed by atoms with van der Waals surface area (Å²) in [4.78, 5) is 11.1. The van der Waals surface area contributed by atoms with Crippen LogP contribution < -0.4 is 5.32 Å². The number of hydrogen-bond acceptors (Lipinski definition) is 4. The number of carbonyl (C=O) groups excluding carboxylic acids is 1. The Bertz CT molecular complexity index is 466. The van der Waals surface area contributed by atoms with Crippen LogP contribution in [0, 0.1) is 11.3 Å². The van der Waals surface area contributed by atoms with Gasteiger partial charge in [-0.3, -0.25) is 10.1 Å². The lowest BCUT2D eigenvalue weighted by Gasteiger charge is -2.20. The largest absolute Gasteiger partial charge is 0.468 e. The maximum Gasteiger partial charge on any atom is 0.319 e. The number of carbonyl (C=O) groups is 1. The third kappa shape index (κ3) is 4.38. The number of nitriles is 1. The molecule has 0 heterocycles. The van der Waals surface area contributed by atoms with Crippen LogP contribution in [-0.2, 0) is 14.9 Å². The van der Waals surface area contributed by atoms with Crippen LogP contribution >= 0.6 is 0 Å². The van der Waals surface area contributed by atoms with Crippen LogP contribution in [0.1, 0.15) is 37.9 Å². The van der Waals surface area contributed by atoms with E-state index < -0.39 is 6.04 Å². The minimum atomic E-state index is -0.506. The van der Waals surface area contributed by atoms with Crippen LogP contribution in [0.25, 0.3) is 0 Å². The molecule has 0 fully saturated rings. The highest BCUT2D eigenvalue weighted by Gasteiger charge is 2.16. The Labute approximate surface area is 114 Å². The Balaban J connectivity index is 2.78. The fourth-order valence-electron chi connectivity index (χ4n) is 1.67. The Morgan fingerprint density at radius 2 is 1.95 bits per heavy atom. The van der Waals surface area contributed by atoms with Gasteiger partial charge in [0.05, 0.1) is 19.7 Å². The summed E-state index contributed by atoms with van der Waals surface area (Å²) in [6.45, 7) is 6.44. The Kier molecular flexibility index (Phi) is 5.08. The van der Waals surface area contributed by atoms with Gasteiger partial charge in [-0.05, 0) is 16.5 Å². The Hall–Kier alpha value is -1.86. The second-order valence-electron chi connectivity index (χ2n) is 5.39. The van der Waals surface area contributed by atoms with E-state index in [1.165, 1.54) is 12.7 Å². The van der Waals surface area contributed by atoms with Crippen LogP contribution in [0.5, 0.6) is 0 Å². The highest BCUT2D eigenvalue weighted by atomic mass is 16.5. The van der Waals surface area contributed by atoms with Crippen molar-refractivity contribution in [3.8, 4) is 6.07 Å². The molecule has 0 aromatic heterocycles. The molecule has 0 saturated heterocycles. The molecule has 0 saturated carbocycles. The second kappa shape index (κ2) is 6.35. The molecule has 1 aromatic rings. The van der Waals surface area contributed by atoms with E-state index in [-0.39, 0.29) is 17.9 Å². The Morgan fingerprint density at radius 1 is 1.37 bits per heavy atom. The fraction of sp³-hybridized carbons (Fsp3) is 0.467. The van der Waals surface area contributed by atoms with Gasteiger partial charge in [-0.1, -0.05) is 45.0 Å². The van der Waals surface area contributed by atoms with E-state index >= 15 is 0 Å². The van der Waals surface area contributed by atoms with Gasteiger partial charge in [-0.2, -0.15) is 5.26 Å². The number of ether oxygens (including phenoxy) is 1. The standard InChI is InChI=1S/C15H20N2O2/c1-15(2,3)12-7-5-11(6-8-12)13(9-16)17-10-14(18)19-4/h5-8,13,17H,10H2,1-4H3. The number of benzene rings is 1. The minimum absolute atomic E-state index is 0.0236. The average molecular weight is 260 g/mol. The monoisotopic (exact) mass is 260 g/mol. The van der Waals surface area contributed by atoms with Crippen molar-refractivity contribution in [2.24, 2.45) is 0 Å². The molecular formula is C15H20N2O2. The molecule has 0 bridgehead atoms. The molecule has 4 nitrogen and oxygen atoms in total. The molecule has 1 aromatic carbocycles. The van der Waals surface area contributed by atoms with Crippen molar-refractivity contribution in [1.29, 1.82) is 5.26 Å². The van der Waals surface area contributed by atoms with Gasteiger partial charge in [0.25, 0.3) is 0 Å². The molecule has 0 aliphatic heterocycles. The summed E-state index contributed by atoms with van der Waals surface area (Å²) >= 11 is 0. The molecule has 0 amide bonds. The molecule has 4 heteroatoms. The Morgan fingerprint density at radius 3 is 2.37 bits per heavy atom. The van der Waals surface area contributed by atoms with Crippen LogP contribution in [0.3, 0.4) is 0 Å². The summed E-state index contributed by atoms with van der Waals surface area (Å²) in [5.41, 5.74) is 2.14. The quantitative estimate of drug-likeness (QED) is 0.844. The lowest BCUT2D eigenvalue weighted by molar-refractivity contribution is -0.139. The van der Waals surface area contributed by atoms with E-state index in [4.69, 9.17) is 5.26 Å². The van der Waals surface area contributed by atoms with Crippen LogP contribution in [0.2, 0.25) is 0 Å². The number of rotatable bonds is 4. The average Bonchev–Trinajstić information content (AvgIpc) is 2.38. The van der Waals surface area contributed by atoms with Gasteiger partial charge in [0.15, 0.2) is 0 Å². The molecule has 1 rings (SSSR count). The first-order valence-corrected chi connectivity index (χ1v) is 6.18. The lowest BCUT2D eigenvalue weighted by Crippen LogP contribution is -2.27. The molecular weight excluding hydrogens is 240 g/mol. The maximum atomic E-state index is 11.1. The van der Waals surface area contributed by atoms with Crippen molar-refractivity contribution in [1.82, 2.24) is 5.32 Å². The van der Waals surface area contributed by atoms with Crippen LogP contribution in [0.4, 0.5) is 0 Å². The van der Waals surface area contributed by atoms with Crippen molar-refractivity contribution in [2.75, 3.05) is 13.7 Å². The molecule has 1 N–H and O–H groups in total. The maximum absolute atomic E-state index is 11.1. The summed E-state index contributed by atoms with van der Waals surface area (Å²) in [5, 5.41) is 12.0. The first kappa shape index (κ1) is 15.2. The molecule has 1 atom stereocenters. The molecule has 102 valence electrons.